The number of carbonyl (C=O) groups excluding carboxylic acids is 1. The van der Waals surface area contributed by atoms with Crippen LogP contribution in [0.2, 0.25) is 0 Å². The molecule has 4 nitrogen and oxygen atoms in total. The van der Waals surface area contributed by atoms with Crippen molar-refractivity contribution in [2.45, 2.75) is 29.3 Å². The maximum atomic E-state index is 12.3. The Bertz CT molecular complexity index is 879. The number of rotatable bonds is 6. The Labute approximate surface area is 166 Å². The van der Waals surface area contributed by atoms with E-state index in [2.05, 4.69) is 47.6 Å². The highest BCUT2D eigenvalue weighted by Gasteiger charge is 2.19. The van der Waals surface area contributed by atoms with Crippen LogP contribution in [0.15, 0.2) is 52.9 Å². The Morgan fingerprint density at radius 1 is 1.15 bits per heavy atom. The standard InChI is InChI=1S/C19H18ClN3OS2/c1-12-8-13(2)10-14(9-12)11-25-19-23-22-18(26-19)21-17(24)16(20)15-6-4-3-5-7-15/h3-10,16H,11H2,1-2H3,(H,21,22,24). The van der Waals surface area contributed by atoms with E-state index in [0.29, 0.717) is 5.13 Å². The van der Waals surface area contributed by atoms with Crippen LogP contribution in [0, 0.1) is 13.8 Å². The highest BCUT2D eigenvalue weighted by molar-refractivity contribution is 8.00. The van der Waals surface area contributed by atoms with Crippen LogP contribution in [-0.4, -0.2) is 16.1 Å². The molecule has 1 aromatic heterocycles. The van der Waals surface area contributed by atoms with Gasteiger partial charge in [-0.25, -0.2) is 0 Å². The van der Waals surface area contributed by atoms with Gasteiger partial charge in [0.25, 0.3) is 0 Å². The van der Waals surface area contributed by atoms with Crippen LogP contribution in [0.25, 0.3) is 0 Å². The van der Waals surface area contributed by atoms with Gasteiger partial charge in [0.1, 0.15) is 5.38 Å². The summed E-state index contributed by atoms with van der Waals surface area (Å²) in [5.41, 5.74) is 4.50. The normalized spacial score (nSPS) is 12.0. The fourth-order valence-electron chi connectivity index (χ4n) is 2.56. The molecule has 0 saturated heterocycles. The zero-order valence-corrected chi connectivity index (χ0v) is 16.8. The van der Waals surface area contributed by atoms with Crippen molar-refractivity contribution in [3.8, 4) is 0 Å². The molecule has 1 N–H and O–H groups in total. The first-order valence-corrected chi connectivity index (χ1v) is 10.3. The van der Waals surface area contributed by atoms with Crippen molar-refractivity contribution in [3.63, 3.8) is 0 Å². The van der Waals surface area contributed by atoms with E-state index in [1.165, 1.54) is 28.0 Å². The third-order valence-corrected chi connectivity index (χ3v) is 6.10. The first-order valence-electron chi connectivity index (χ1n) is 8.04. The number of hydrogen-bond acceptors (Lipinski definition) is 5. The van der Waals surface area contributed by atoms with E-state index < -0.39 is 5.38 Å². The van der Waals surface area contributed by atoms with Crippen LogP contribution in [0.4, 0.5) is 5.13 Å². The lowest BCUT2D eigenvalue weighted by Crippen LogP contribution is -2.17. The third-order valence-electron chi connectivity index (χ3n) is 3.60. The van der Waals surface area contributed by atoms with Crippen molar-refractivity contribution in [1.29, 1.82) is 0 Å². The molecule has 3 rings (SSSR count). The number of hydrogen-bond donors (Lipinski definition) is 1. The first-order chi connectivity index (χ1) is 12.5. The Morgan fingerprint density at radius 2 is 1.85 bits per heavy atom. The van der Waals surface area contributed by atoms with Crippen LogP contribution in [-0.2, 0) is 10.5 Å². The topological polar surface area (TPSA) is 54.9 Å². The second-order valence-electron chi connectivity index (χ2n) is 5.92. The van der Waals surface area contributed by atoms with Crippen LogP contribution in [0.5, 0.6) is 0 Å². The number of aryl methyl sites for hydroxylation is 2. The molecule has 0 saturated carbocycles. The van der Waals surface area contributed by atoms with E-state index in [0.717, 1.165) is 15.7 Å². The number of aromatic nitrogens is 2. The summed E-state index contributed by atoms with van der Waals surface area (Å²) < 4.78 is 0.810. The summed E-state index contributed by atoms with van der Waals surface area (Å²) >= 11 is 9.18. The predicted octanol–water partition coefficient (Wildman–Crippen LogP) is 5.37. The number of amides is 1. The molecule has 26 heavy (non-hydrogen) atoms. The van der Waals surface area contributed by atoms with Gasteiger partial charge in [0.2, 0.25) is 11.0 Å². The molecule has 3 aromatic rings. The molecule has 134 valence electrons. The van der Waals surface area contributed by atoms with Crippen molar-refractivity contribution in [3.05, 3.63) is 70.8 Å². The van der Waals surface area contributed by atoms with Gasteiger partial charge in [0.05, 0.1) is 0 Å². The van der Waals surface area contributed by atoms with Crippen molar-refractivity contribution < 1.29 is 4.79 Å². The molecule has 1 unspecified atom stereocenters. The Balaban J connectivity index is 1.58. The Kier molecular flexibility index (Phi) is 6.29. The van der Waals surface area contributed by atoms with Crippen LogP contribution in [0.1, 0.15) is 27.6 Å². The maximum absolute atomic E-state index is 12.3. The largest absolute Gasteiger partial charge is 0.299 e. The van der Waals surface area contributed by atoms with Gasteiger partial charge in [-0.1, -0.05) is 82.8 Å². The average Bonchev–Trinajstić information content (AvgIpc) is 3.06. The van der Waals surface area contributed by atoms with Gasteiger partial charge >= 0.3 is 0 Å². The number of halogens is 1. The Hall–Kier alpha value is -1.89. The molecule has 1 atom stereocenters. The highest BCUT2D eigenvalue weighted by Crippen LogP contribution is 2.30. The minimum absolute atomic E-state index is 0.306. The smallest absolute Gasteiger partial charge is 0.248 e. The van der Waals surface area contributed by atoms with Crippen molar-refractivity contribution >= 4 is 45.7 Å². The van der Waals surface area contributed by atoms with Crippen molar-refractivity contribution in [1.82, 2.24) is 10.2 Å². The molecule has 1 heterocycles. The number of carbonyl (C=O) groups is 1. The fourth-order valence-corrected chi connectivity index (χ4v) is 4.44. The van der Waals surface area contributed by atoms with E-state index in [-0.39, 0.29) is 5.91 Å². The second-order valence-corrected chi connectivity index (χ2v) is 8.56. The monoisotopic (exact) mass is 403 g/mol. The zero-order valence-electron chi connectivity index (χ0n) is 14.4. The number of nitrogens with zero attached hydrogens (tertiary/aromatic N) is 2. The number of benzene rings is 2. The molecule has 0 aliphatic heterocycles. The summed E-state index contributed by atoms with van der Waals surface area (Å²) in [6.07, 6.45) is 0. The lowest BCUT2D eigenvalue weighted by Gasteiger charge is -2.08. The summed E-state index contributed by atoms with van der Waals surface area (Å²) in [6.45, 7) is 4.18. The molecule has 0 radical (unpaired) electrons. The van der Waals surface area contributed by atoms with E-state index >= 15 is 0 Å². The van der Waals surface area contributed by atoms with Gasteiger partial charge in [-0.2, -0.15) is 0 Å². The van der Waals surface area contributed by atoms with Gasteiger partial charge < -0.3 is 0 Å². The molecule has 2 aromatic carbocycles. The van der Waals surface area contributed by atoms with Crippen molar-refractivity contribution in [2.24, 2.45) is 0 Å². The van der Waals surface area contributed by atoms with E-state index in [1.54, 1.807) is 11.8 Å². The molecule has 0 spiro atoms. The number of thioether (sulfide) groups is 1. The molecular formula is C19H18ClN3OS2. The quantitative estimate of drug-likeness (QED) is 0.341. The minimum Gasteiger partial charge on any atom is -0.299 e. The summed E-state index contributed by atoms with van der Waals surface area (Å²) in [6, 6.07) is 15.7. The molecular weight excluding hydrogens is 386 g/mol. The van der Waals surface area contributed by atoms with Crippen molar-refractivity contribution in [2.75, 3.05) is 5.32 Å². The molecule has 0 aliphatic carbocycles. The molecule has 0 fully saturated rings. The zero-order chi connectivity index (χ0) is 18.5. The van der Waals surface area contributed by atoms with Crippen LogP contribution >= 0.6 is 34.7 Å². The lowest BCUT2D eigenvalue weighted by atomic mass is 10.1. The predicted molar refractivity (Wildman–Crippen MR) is 109 cm³/mol. The maximum Gasteiger partial charge on any atom is 0.248 e. The van der Waals surface area contributed by atoms with E-state index in [9.17, 15) is 4.79 Å². The highest BCUT2D eigenvalue weighted by atomic mass is 35.5. The summed E-state index contributed by atoms with van der Waals surface area (Å²) in [4.78, 5) is 12.3. The average molecular weight is 404 g/mol. The molecule has 0 aliphatic rings. The van der Waals surface area contributed by atoms with Gasteiger partial charge in [0.15, 0.2) is 4.34 Å². The Morgan fingerprint density at radius 3 is 2.54 bits per heavy atom. The lowest BCUT2D eigenvalue weighted by molar-refractivity contribution is -0.116. The van der Waals surface area contributed by atoms with Crippen LogP contribution < -0.4 is 5.32 Å². The second kappa shape index (κ2) is 8.66. The summed E-state index contributed by atoms with van der Waals surface area (Å²) in [7, 11) is 0. The van der Waals surface area contributed by atoms with E-state index in [1.807, 2.05) is 30.3 Å². The summed E-state index contributed by atoms with van der Waals surface area (Å²) in [5, 5.41) is 10.6. The molecule has 7 heteroatoms. The molecule has 0 bridgehead atoms. The van der Waals surface area contributed by atoms with Gasteiger partial charge in [-0.05, 0) is 25.0 Å². The van der Waals surface area contributed by atoms with Crippen LogP contribution in [0.3, 0.4) is 0 Å². The van der Waals surface area contributed by atoms with Gasteiger partial charge in [0, 0.05) is 5.75 Å². The SMILES string of the molecule is Cc1cc(C)cc(CSc2nnc(NC(=O)C(Cl)c3ccccc3)s2)c1. The number of nitrogens with one attached hydrogen (secondary N) is 1. The minimum atomic E-state index is -0.758. The fraction of sp³-hybridized carbons (Fsp3) is 0.211. The van der Waals surface area contributed by atoms with E-state index in [4.69, 9.17) is 11.6 Å². The first kappa shape index (κ1) is 18.9. The molecule has 1 amide bonds. The third kappa shape index (κ3) is 5.06. The van der Waals surface area contributed by atoms with Gasteiger partial charge in [-0.15, -0.1) is 21.8 Å². The number of alkyl halides is 1. The summed E-state index contributed by atoms with van der Waals surface area (Å²) in [5.74, 6) is 0.507. The number of anilines is 1. The van der Waals surface area contributed by atoms with Gasteiger partial charge in [-0.3, -0.25) is 10.1 Å².